The predicted octanol–water partition coefficient (Wildman–Crippen LogP) is 5.93. The van der Waals surface area contributed by atoms with Crippen molar-refractivity contribution >= 4 is 39.1 Å². The van der Waals surface area contributed by atoms with E-state index in [1.165, 1.54) is 17.0 Å². The monoisotopic (exact) mass is 617 g/mol. The van der Waals surface area contributed by atoms with Crippen LogP contribution in [0, 0.1) is 13.8 Å². The Morgan fingerprint density at radius 1 is 0.837 bits per heavy atom. The summed E-state index contributed by atoms with van der Waals surface area (Å²) in [7, 11) is -4.15. The Bertz CT molecular complexity index is 1640. The van der Waals surface area contributed by atoms with E-state index in [9.17, 15) is 18.0 Å². The fourth-order valence-corrected chi connectivity index (χ4v) is 6.61. The first kappa shape index (κ1) is 31.8. The van der Waals surface area contributed by atoms with Crippen LogP contribution in [0.25, 0.3) is 0 Å². The summed E-state index contributed by atoms with van der Waals surface area (Å²) in [6.45, 7) is 5.43. The molecule has 1 N–H and O–H groups in total. The lowest BCUT2D eigenvalue weighted by atomic mass is 10.0. The molecule has 0 saturated heterocycles. The Kier molecular flexibility index (Phi) is 10.6. The molecule has 0 unspecified atom stereocenters. The van der Waals surface area contributed by atoms with Crippen LogP contribution in [0.5, 0.6) is 0 Å². The summed E-state index contributed by atoms with van der Waals surface area (Å²) in [5.41, 5.74) is 3.58. The minimum Gasteiger partial charge on any atom is -0.355 e. The number of likely N-dealkylation sites (N-methyl/N-ethyl adjacent to an activating group) is 1. The second-order valence-corrected chi connectivity index (χ2v) is 12.7. The fraction of sp³-hybridized carbons (Fsp3) is 0.235. The predicted molar refractivity (Wildman–Crippen MR) is 172 cm³/mol. The maximum Gasteiger partial charge on any atom is 0.264 e. The lowest BCUT2D eigenvalue weighted by molar-refractivity contribution is -0.140. The maximum atomic E-state index is 14.4. The Labute approximate surface area is 259 Å². The Morgan fingerprint density at radius 3 is 2.02 bits per heavy atom. The molecule has 9 heteroatoms. The molecule has 4 aromatic carbocycles. The number of nitrogens with one attached hydrogen (secondary N) is 1. The van der Waals surface area contributed by atoms with Crippen molar-refractivity contribution in [1.29, 1.82) is 0 Å². The van der Waals surface area contributed by atoms with E-state index in [4.69, 9.17) is 11.6 Å². The SMILES string of the molecule is CCNC(=O)[C@H](Cc1ccccc1)N(Cc1ccccc1Cl)C(=O)CN(c1cc(C)cc(C)c1)S(=O)(=O)c1ccccc1. The zero-order chi connectivity index (χ0) is 31.0. The Hall–Kier alpha value is -4.14. The molecule has 0 bridgehead atoms. The summed E-state index contributed by atoms with van der Waals surface area (Å²) >= 11 is 6.52. The van der Waals surface area contributed by atoms with Gasteiger partial charge in [0.25, 0.3) is 10.0 Å². The number of halogens is 1. The Morgan fingerprint density at radius 2 is 1.42 bits per heavy atom. The van der Waals surface area contributed by atoms with Crippen molar-refractivity contribution in [2.45, 2.75) is 44.7 Å². The standard InChI is InChI=1S/C34H36ClN3O4S/c1-4-36-34(40)32(22-27-13-7-5-8-14-27)37(23-28-15-11-12-18-31(28)35)33(39)24-38(29-20-25(2)19-26(3)21-29)43(41,42)30-16-9-6-10-17-30/h5-21,32H,4,22-24H2,1-3H3,(H,36,40)/t32-/m0/s1. The molecule has 1 atom stereocenters. The smallest absolute Gasteiger partial charge is 0.264 e. The van der Waals surface area contributed by atoms with Crippen molar-refractivity contribution in [3.05, 3.63) is 130 Å². The number of benzene rings is 4. The summed E-state index contributed by atoms with van der Waals surface area (Å²) in [6.07, 6.45) is 0.234. The highest BCUT2D eigenvalue weighted by atomic mass is 35.5. The van der Waals surface area contributed by atoms with Gasteiger partial charge < -0.3 is 10.2 Å². The minimum atomic E-state index is -4.15. The van der Waals surface area contributed by atoms with Crippen LogP contribution in [-0.2, 0) is 32.6 Å². The third kappa shape index (κ3) is 8.03. The molecule has 43 heavy (non-hydrogen) atoms. The molecule has 0 radical (unpaired) electrons. The van der Waals surface area contributed by atoms with Gasteiger partial charge in [-0.2, -0.15) is 0 Å². The van der Waals surface area contributed by atoms with Gasteiger partial charge in [0.05, 0.1) is 10.6 Å². The molecule has 0 saturated carbocycles. The largest absolute Gasteiger partial charge is 0.355 e. The third-order valence-electron chi connectivity index (χ3n) is 7.03. The molecule has 0 spiro atoms. The van der Waals surface area contributed by atoms with Gasteiger partial charge in [-0.1, -0.05) is 84.4 Å². The van der Waals surface area contributed by atoms with Gasteiger partial charge in [0.2, 0.25) is 11.8 Å². The number of aryl methyl sites for hydroxylation is 2. The average molecular weight is 618 g/mol. The molecule has 0 aromatic heterocycles. The van der Waals surface area contributed by atoms with Crippen molar-refractivity contribution in [2.24, 2.45) is 0 Å². The zero-order valence-corrected chi connectivity index (χ0v) is 26.1. The van der Waals surface area contributed by atoms with E-state index in [-0.39, 0.29) is 23.8 Å². The van der Waals surface area contributed by atoms with Gasteiger partial charge >= 0.3 is 0 Å². The number of hydrogen-bond acceptors (Lipinski definition) is 4. The average Bonchev–Trinajstić information content (AvgIpc) is 2.99. The van der Waals surface area contributed by atoms with E-state index in [0.29, 0.717) is 22.8 Å². The third-order valence-corrected chi connectivity index (χ3v) is 9.18. The normalized spacial score (nSPS) is 11.9. The number of nitrogens with zero attached hydrogens (tertiary/aromatic N) is 2. The van der Waals surface area contributed by atoms with Gasteiger partial charge in [0.1, 0.15) is 12.6 Å². The van der Waals surface area contributed by atoms with Crippen LogP contribution in [-0.4, -0.2) is 44.3 Å². The number of anilines is 1. The molecule has 224 valence electrons. The molecule has 0 fully saturated rings. The zero-order valence-electron chi connectivity index (χ0n) is 24.5. The van der Waals surface area contributed by atoms with Crippen molar-refractivity contribution in [2.75, 3.05) is 17.4 Å². The highest BCUT2D eigenvalue weighted by molar-refractivity contribution is 7.92. The molecule has 0 aliphatic rings. The molecule has 4 aromatic rings. The van der Waals surface area contributed by atoms with E-state index in [1.54, 1.807) is 48.5 Å². The van der Waals surface area contributed by atoms with Crippen LogP contribution in [0.2, 0.25) is 5.02 Å². The topological polar surface area (TPSA) is 86.8 Å². The van der Waals surface area contributed by atoms with Crippen LogP contribution in [0.15, 0.2) is 108 Å². The lowest BCUT2D eigenvalue weighted by Gasteiger charge is -2.34. The summed E-state index contributed by atoms with van der Waals surface area (Å²) in [4.78, 5) is 29.5. The second kappa shape index (κ2) is 14.4. The van der Waals surface area contributed by atoms with Gasteiger partial charge in [0, 0.05) is 24.5 Å². The lowest BCUT2D eigenvalue weighted by Crippen LogP contribution is -2.53. The number of hydrogen-bond donors (Lipinski definition) is 1. The molecule has 0 aliphatic heterocycles. The fourth-order valence-electron chi connectivity index (χ4n) is 5.00. The van der Waals surface area contributed by atoms with E-state index in [1.807, 2.05) is 63.2 Å². The van der Waals surface area contributed by atoms with Crippen molar-refractivity contribution in [3.8, 4) is 0 Å². The first-order chi connectivity index (χ1) is 20.6. The molecule has 7 nitrogen and oxygen atoms in total. The van der Waals surface area contributed by atoms with Crippen molar-refractivity contribution < 1.29 is 18.0 Å². The van der Waals surface area contributed by atoms with Crippen molar-refractivity contribution in [3.63, 3.8) is 0 Å². The minimum absolute atomic E-state index is 0.0131. The van der Waals surface area contributed by atoms with Crippen LogP contribution < -0.4 is 9.62 Å². The highest BCUT2D eigenvalue weighted by Gasteiger charge is 2.34. The second-order valence-electron chi connectivity index (χ2n) is 10.4. The first-order valence-corrected chi connectivity index (χ1v) is 15.9. The number of rotatable bonds is 12. The summed E-state index contributed by atoms with van der Waals surface area (Å²) in [5, 5.41) is 3.30. The molecule has 0 heterocycles. The van der Waals surface area contributed by atoms with E-state index in [2.05, 4.69) is 5.32 Å². The molecule has 2 amide bonds. The molecular formula is C34H36ClN3O4S. The molecule has 4 rings (SSSR count). The number of carbonyl (C=O) groups excluding carboxylic acids is 2. The van der Waals surface area contributed by atoms with E-state index >= 15 is 0 Å². The van der Waals surface area contributed by atoms with Gasteiger partial charge in [-0.3, -0.25) is 13.9 Å². The quantitative estimate of drug-likeness (QED) is 0.214. The van der Waals surface area contributed by atoms with Gasteiger partial charge in [-0.15, -0.1) is 0 Å². The molecule has 0 aliphatic carbocycles. The maximum absolute atomic E-state index is 14.4. The van der Waals surface area contributed by atoms with Gasteiger partial charge in [-0.05, 0) is 73.4 Å². The Balaban J connectivity index is 1.82. The van der Waals surface area contributed by atoms with Gasteiger partial charge in [0.15, 0.2) is 0 Å². The number of sulfonamides is 1. The summed E-state index contributed by atoms with van der Waals surface area (Å²) in [6, 6.07) is 29.1. The molecular weight excluding hydrogens is 582 g/mol. The summed E-state index contributed by atoms with van der Waals surface area (Å²) < 4.78 is 29.3. The number of carbonyl (C=O) groups is 2. The highest BCUT2D eigenvalue weighted by Crippen LogP contribution is 2.27. The van der Waals surface area contributed by atoms with Crippen LogP contribution in [0.1, 0.15) is 29.2 Å². The van der Waals surface area contributed by atoms with E-state index in [0.717, 1.165) is 21.0 Å². The van der Waals surface area contributed by atoms with Crippen molar-refractivity contribution in [1.82, 2.24) is 10.2 Å². The van der Waals surface area contributed by atoms with Crippen LogP contribution >= 0.6 is 11.6 Å². The van der Waals surface area contributed by atoms with Crippen LogP contribution in [0.3, 0.4) is 0 Å². The van der Waals surface area contributed by atoms with E-state index < -0.39 is 28.5 Å². The van der Waals surface area contributed by atoms with Gasteiger partial charge in [-0.25, -0.2) is 8.42 Å². The first-order valence-electron chi connectivity index (χ1n) is 14.1. The van der Waals surface area contributed by atoms with Crippen LogP contribution in [0.4, 0.5) is 5.69 Å². The summed E-state index contributed by atoms with van der Waals surface area (Å²) in [5.74, 6) is -0.874. The number of amides is 2.